The Morgan fingerprint density at radius 1 is 1.00 bits per heavy atom. The Morgan fingerprint density at radius 2 is 1.82 bits per heavy atom. The van der Waals surface area contributed by atoms with Gasteiger partial charge in [0.05, 0.1) is 24.6 Å². The average molecular weight is 444 g/mol. The number of alkyl halides is 1. The minimum atomic E-state index is -1.24. The third-order valence-corrected chi connectivity index (χ3v) is 5.59. The molecule has 3 heterocycles. The lowest BCUT2D eigenvalue weighted by Gasteiger charge is -2.35. The van der Waals surface area contributed by atoms with Crippen molar-refractivity contribution in [1.82, 2.24) is 20.3 Å². The lowest BCUT2D eigenvalue weighted by atomic mass is 10.00. The van der Waals surface area contributed by atoms with Crippen molar-refractivity contribution >= 4 is 28.1 Å². The number of hydrogen-bond donors (Lipinski definition) is 3. The molecule has 1 fully saturated rings. The Hall–Kier alpha value is -3.91. The summed E-state index contributed by atoms with van der Waals surface area (Å²) in [6, 6.07) is 13.9. The fourth-order valence-corrected chi connectivity index (χ4v) is 3.61. The van der Waals surface area contributed by atoms with Gasteiger partial charge in [-0.3, -0.25) is 4.98 Å². The molecule has 33 heavy (non-hydrogen) atoms. The van der Waals surface area contributed by atoms with Gasteiger partial charge in [0.1, 0.15) is 17.5 Å². The number of nitrogens with zero attached hydrogens (tertiary/aromatic N) is 3. The first-order valence-electron chi connectivity index (χ1n) is 10.6. The first-order valence-corrected chi connectivity index (χ1v) is 10.6. The minimum absolute atomic E-state index is 0.189. The summed E-state index contributed by atoms with van der Waals surface area (Å²) in [7, 11) is 0. The summed E-state index contributed by atoms with van der Waals surface area (Å²) >= 11 is 0. The molecule has 0 amide bonds. The number of rotatable bonds is 7. The largest absolute Gasteiger partial charge is 0.365 e. The van der Waals surface area contributed by atoms with Gasteiger partial charge >= 0.3 is 0 Å². The number of nitrogens with one attached hydrogen (secondary N) is 3. The zero-order chi connectivity index (χ0) is 22.8. The summed E-state index contributed by atoms with van der Waals surface area (Å²) in [6.07, 6.45) is 5.04. The molecule has 1 aliphatic heterocycles. The van der Waals surface area contributed by atoms with Crippen LogP contribution in [0.15, 0.2) is 73.7 Å². The first-order chi connectivity index (χ1) is 16.0. The fraction of sp³-hybridized carbons (Fsp3) is 0.160. The normalized spacial score (nSPS) is 14.5. The zero-order valence-corrected chi connectivity index (χ0v) is 17.8. The van der Waals surface area contributed by atoms with Crippen LogP contribution in [-0.4, -0.2) is 40.3 Å². The van der Waals surface area contributed by atoms with Crippen molar-refractivity contribution < 1.29 is 8.78 Å². The van der Waals surface area contributed by atoms with Crippen LogP contribution in [0.4, 0.5) is 20.4 Å². The van der Waals surface area contributed by atoms with Crippen molar-refractivity contribution in [3.8, 4) is 11.3 Å². The van der Waals surface area contributed by atoms with Crippen LogP contribution < -0.4 is 16.0 Å². The smallest absolute Gasteiger partial charge is 0.152 e. The van der Waals surface area contributed by atoms with Gasteiger partial charge in [-0.05, 0) is 35.2 Å². The van der Waals surface area contributed by atoms with Gasteiger partial charge in [0.2, 0.25) is 0 Å². The Labute approximate surface area is 189 Å². The number of hydrogen-bond acceptors (Lipinski definition) is 6. The summed E-state index contributed by atoms with van der Waals surface area (Å²) < 4.78 is 27.4. The summed E-state index contributed by atoms with van der Waals surface area (Å²) in [6.45, 7) is 4.90. The second-order valence-electron chi connectivity index (χ2n) is 8.14. The summed E-state index contributed by atoms with van der Waals surface area (Å²) in [5.74, 6) is 0.858. The standard InChI is InChI=1S/C25H22F2N6/c1-16(17-4-6-21(26)7-5-17)32-23-9-20-8-18(2-3-19(20)10-30-23)22-11-28-12-24(33-22)31-15-25(27)13-29-14-25/h2-12,29H,1,13-15H2,(H,30,32)(H,31,33). The number of anilines is 2. The van der Waals surface area contributed by atoms with Crippen LogP contribution in [-0.2, 0) is 0 Å². The number of benzene rings is 2. The Balaban J connectivity index is 1.36. The molecule has 0 radical (unpaired) electrons. The highest BCUT2D eigenvalue weighted by atomic mass is 19.1. The van der Waals surface area contributed by atoms with E-state index in [1.54, 1.807) is 30.7 Å². The van der Waals surface area contributed by atoms with Gasteiger partial charge in [-0.25, -0.2) is 18.7 Å². The number of aromatic nitrogens is 3. The van der Waals surface area contributed by atoms with E-state index in [0.717, 1.165) is 21.9 Å². The third-order valence-electron chi connectivity index (χ3n) is 5.59. The van der Waals surface area contributed by atoms with Gasteiger partial charge in [0, 0.05) is 35.9 Å². The number of halogens is 2. The second-order valence-corrected chi connectivity index (χ2v) is 8.14. The van der Waals surface area contributed by atoms with E-state index in [1.807, 2.05) is 24.3 Å². The predicted molar refractivity (Wildman–Crippen MR) is 127 cm³/mol. The van der Waals surface area contributed by atoms with E-state index in [2.05, 4.69) is 37.5 Å². The first kappa shape index (κ1) is 21.0. The van der Waals surface area contributed by atoms with E-state index in [-0.39, 0.29) is 12.4 Å². The van der Waals surface area contributed by atoms with Gasteiger partial charge in [-0.1, -0.05) is 30.8 Å². The molecule has 0 aliphatic carbocycles. The molecule has 2 aromatic heterocycles. The predicted octanol–water partition coefficient (Wildman–Crippen LogP) is 4.64. The monoisotopic (exact) mass is 444 g/mol. The summed E-state index contributed by atoms with van der Waals surface area (Å²) in [5, 5.41) is 11.1. The van der Waals surface area contributed by atoms with Crippen LogP contribution in [0.5, 0.6) is 0 Å². The molecular formula is C25H22F2N6. The molecular weight excluding hydrogens is 422 g/mol. The second kappa shape index (κ2) is 8.55. The van der Waals surface area contributed by atoms with E-state index < -0.39 is 5.67 Å². The molecule has 8 heteroatoms. The maximum atomic E-state index is 14.2. The highest BCUT2D eigenvalue weighted by molar-refractivity contribution is 5.89. The van der Waals surface area contributed by atoms with Crippen LogP contribution in [0.2, 0.25) is 0 Å². The van der Waals surface area contributed by atoms with E-state index in [1.165, 1.54) is 12.1 Å². The summed E-state index contributed by atoms with van der Waals surface area (Å²) in [4.78, 5) is 13.3. The Kier molecular flexibility index (Phi) is 5.43. The molecule has 1 aliphatic rings. The van der Waals surface area contributed by atoms with Crippen molar-refractivity contribution in [1.29, 1.82) is 0 Å². The van der Waals surface area contributed by atoms with E-state index >= 15 is 0 Å². The fourth-order valence-electron chi connectivity index (χ4n) is 3.61. The average Bonchev–Trinajstić information content (AvgIpc) is 2.81. The molecule has 5 rings (SSSR count). The molecule has 0 saturated carbocycles. The van der Waals surface area contributed by atoms with E-state index in [4.69, 9.17) is 0 Å². The van der Waals surface area contributed by atoms with Crippen LogP contribution in [0.1, 0.15) is 5.56 Å². The van der Waals surface area contributed by atoms with Gasteiger partial charge in [-0.15, -0.1) is 0 Å². The zero-order valence-electron chi connectivity index (χ0n) is 17.8. The number of pyridine rings is 1. The molecule has 6 nitrogen and oxygen atoms in total. The molecule has 166 valence electrons. The van der Waals surface area contributed by atoms with E-state index in [9.17, 15) is 8.78 Å². The van der Waals surface area contributed by atoms with Crippen molar-refractivity contribution in [2.75, 3.05) is 30.3 Å². The van der Waals surface area contributed by atoms with Crippen molar-refractivity contribution in [3.63, 3.8) is 0 Å². The van der Waals surface area contributed by atoms with Gasteiger partial charge in [0.15, 0.2) is 5.67 Å². The third kappa shape index (κ3) is 4.65. The maximum absolute atomic E-state index is 14.2. The highest BCUT2D eigenvalue weighted by Crippen LogP contribution is 2.26. The molecule has 0 bridgehead atoms. The van der Waals surface area contributed by atoms with Crippen molar-refractivity contribution in [3.05, 3.63) is 85.1 Å². The molecule has 4 aromatic rings. The molecule has 0 atom stereocenters. The number of fused-ring (bicyclic) bond motifs is 1. The highest BCUT2D eigenvalue weighted by Gasteiger charge is 2.36. The Morgan fingerprint density at radius 3 is 2.58 bits per heavy atom. The van der Waals surface area contributed by atoms with Crippen LogP contribution in [0, 0.1) is 5.82 Å². The van der Waals surface area contributed by atoms with Gasteiger partial charge in [-0.2, -0.15) is 0 Å². The molecule has 3 N–H and O–H groups in total. The van der Waals surface area contributed by atoms with Gasteiger partial charge in [0.25, 0.3) is 0 Å². The van der Waals surface area contributed by atoms with Gasteiger partial charge < -0.3 is 16.0 Å². The van der Waals surface area contributed by atoms with E-state index in [0.29, 0.717) is 36.1 Å². The SMILES string of the molecule is C=C(Nc1cc2cc(-c3cncc(NCC4(F)CNC4)n3)ccc2cn1)c1ccc(F)cc1. The molecule has 1 saturated heterocycles. The molecule has 2 aromatic carbocycles. The molecule has 0 unspecified atom stereocenters. The lowest BCUT2D eigenvalue weighted by molar-refractivity contribution is 0.106. The van der Waals surface area contributed by atoms with Crippen LogP contribution in [0.3, 0.4) is 0 Å². The molecule has 0 spiro atoms. The lowest BCUT2D eigenvalue weighted by Crippen LogP contribution is -2.59. The quantitative estimate of drug-likeness (QED) is 0.386. The van der Waals surface area contributed by atoms with Crippen molar-refractivity contribution in [2.45, 2.75) is 5.67 Å². The van der Waals surface area contributed by atoms with Crippen molar-refractivity contribution in [2.24, 2.45) is 0 Å². The van der Waals surface area contributed by atoms with Crippen LogP contribution in [0.25, 0.3) is 27.7 Å². The van der Waals surface area contributed by atoms with Crippen LogP contribution >= 0.6 is 0 Å². The maximum Gasteiger partial charge on any atom is 0.152 e. The topological polar surface area (TPSA) is 74.8 Å². The summed E-state index contributed by atoms with van der Waals surface area (Å²) in [5.41, 5.74) is 1.72. The minimum Gasteiger partial charge on any atom is -0.365 e. The Bertz CT molecular complexity index is 1320.